The first kappa shape index (κ1) is 19.8. The van der Waals surface area contributed by atoms with Crippen molar-refractivity contribution >= 4 is 17.5 Å². The minimum Gasteiger partial charge on any atom is -0.481 e. The van der Waals surface area contributed by atoms with Crippen molar-refractivity contribution in [3.05, 3.63) is 0 Å². The molecule has 1 N–H and O–H groups in total. The molecule has 5 heteroatoms. The summed E-state index contributed by atoms with van der Waals surface area (Å²) in [5.74, 6) is -0.632. The average molecular weight is 326 g/mol. The first-order valence-electron chi connectivity index (χ1n) is 8.99. The Bertz CT molecular complexity index is 391. The Morgan fingerprint density at radius 3 is 1.65 bits per heavy atom. The van der Waals surface area contributed by atoms with E-state index in [2.05, 4.69) is 6.92 Å². The maximum Gasteiger partial charge on any atom is 0.303 e. The molecule has 0 amide bonds. The first-order chi connectivity index (χ1) is 11.1. The summed E-state index contributed by atoms with van der Waals surface area (Å²) in [6, 6.07) is 0. The minimum absolute atomic E-state index is 0.0439. The van der Waals surface area contributed by atoms with Gasteiger partial charge in [0.05, 0.1) is 0 Å². The standard InChI is InChI=1S/C18H30O5/c1-2-3-4-8-11-14(19)17-18(23-17)15(20)12-9-6-5-7-10-13-16(21)22/h17-18H,2-13H2,1H3,(H,21,22)/t17-,18-/m1/s1. The molecular weight excluding hydrogens is 296 g/mol. The number of hydrogen-bond acceptors (Lipinski definition) is 4. The van der Waals surface area contributed by atoms with Crippen LogP contribution in [0.3, 0.4) is 0 Å². The zero-order valence-electron chi connectivity index (χ0n) is 14.2. The highest BCUT2D eigenvalue weighted by Gasteiger charge is 2.48. The average Bonchev–Trinajstić information content (AvgIpc) is 3.30. The Balaban J connectivity index is 2.00. The number of hydrogen-bond donors (Lipinski definition) is 1. The van der Waals surface area contributed by atoms with E-state index in [0.717, 1.165) is 51.4 Å². The number of carbonyl (C=O) groups is 3. The van der Waals surface area contributed by atoms with Crippen LogP contribution in [-0.2, 0) is 19.1 Å². The maximum atomic E-state index is 11.9. The van der Waals surface area contributed by atoms with Crippen LogP contribution in [0.25, 0.3) is 0 Å². The fourth-order valence-electron chi connectivity index (χ4n) is 2.72. The van der Waals surface area contributed by atoms with E-state index < -0.39 is 18.2 Å². The molecule has 1 saturated heterocycles. The summed E-state index contributed by atoms with van der Waals surface area (Å²) < 4.78 is 5.26. The van der Waals surface area contributed by atoms with Gasteiger partial charge in [0.25, 0.3) is 0 Å². The van der Waals surface area contributed by atoms with Crippen molar-refractivity contribution in [3.63, 3.8) is 0 Å². The molecule has 1 heterocycles. The number of Topliss-reactive ketones (excluding diaryl/α,β-unsaturated/α-hetero) is 2. The number of epoxide rings is 1. The van der Waals surface area contributed by atoms with Crippen LogP contribution < -0.4 is 0 Å². The molecule has 0 aliphatic carbocycles. The van der Waals surface area contributed by atoms with Crippen molar-refractivity contribution in [3.8, 4) is 0 Å². The van der Waals surface area contributed by atoms with Gasteiger partial charge in [0.1, 0.15) is 12.2 Å². The Morgan fingerprint density at radius 1 is 0.739 bits per heavy atom. The lowest BCUT2D eigenvalue weighted by molar-refractivity contribution is -0.137. The summed E-state index contributed by atoms with van der Waals surface area (Å²) in [4.78, 5) is 34.1. The maximum absolute atomic E-state index is 11.9. The summed E-state index contributed by atoms with van der Waals surface area (Å²) in [5.41, 5.74) is 0. The van der Waals surface area contributed by atoms with Gasteiger partial charge < -0.3 is 9.84 Å². The van der Waals surface area contributed by atoms with Crippen molar-refractivity contribution in [1.29, 1.82) is 0 Å². The number of unbranched alkanes of at least 4 members (excludes halogenated alkanes) is 7. The summed E-state index contributed by atoms with van der Waals surface area (Å²) >= 11 is 0. The molecule has 2 atom stereocenters. The second-order valence-corrected chi connectivity index (χ2v) is 6.38. The smallest absolute Gasteiger partial charge is 0.303 e. The van der Waals surface area contributed by atoms with E-state index in [-0.39, 0.29) is 18.0 Å². The summed E-state index contributed by atoms with van der Waals surface area (Å²) in [6.45, 7) is 2.13. The molecule has 0 unspecified atom stereocenters. The van der Waals surface area contributed by atoms with E-state index in [1.165, 1.54) is 0 Å². The number of rotatable bonds is 15. The highest BCUT2D eigenvalue weighted by atomic mass is 16.6. The zero-order valence-corrected chi connectivity index (χ0v) is 14.2. The minimum atomic E-state index is -0.753. The molecular formula is C18H30O5. The summed E-state index contributed by atoms with van der Waals surface area (Å²) in [7, 11) is 0. The van der Waals surface area contributed by atoms with Gasteiger partial charge in [0.2, 0.25) is 0 Å². The van der Waals surface area contributed by atoms with Gasteiger partial charge >= 0.3 is 5.97 Å². The Labute approximate surface area is 138 Å². The third-order valence-corrected chi connectivity index (χ3v) is 4.22. The lowest BCUT2D eigenvalue weighted by Crippen LogP contribution is -2.16. The Hall–Kier alpha value is -1.23. The van der Waals surface area contributed by atoms with Crippen LogP contribution in [0.5, 0.6) is 0 Å². The molecule has 23 heavy (non-hydrogen) atoms. The molecule has 5 nitrogen and oxygen atoms in total. The van der Waals surface area contributed by atoms with E-state index in [9.17, 15) is 14.4 Å². The molecule has 1 aliphatic heterocycles. The van der Waals surface area contributed by atoms with Gasteiger partial charge in [0.15, 0.2) is 11.6 Å². The number of ketones is 2. The van der Waals surface area contributed by atoms with Gasteiger partial charge in [-0.2, -0.15) is 0 Å². The van der Waals surface area contributed by atoms with Gasteiger partial charge in [-0.3, -0.25) is 14.4 Å². The highest BCUT2D eigenvalue weighted by Crippen LogP contribution is 2.27. The lowest BCUT2D eigenvalue weighted by Gasteiger charge is -2.00. The number of carbonyl (C=O) groups excluding carboxylic acids is 2. The predicted octanol–water partition coefficient (Wildman–Crippen LogP) is 3.68. The van der Waals surface area contributed by atoms with E-state index in [1.807, 2.05) is 0 Å². The fraction of sp³-hybridized carbons (Fsp3) is 0.833. The fourth-order valence-corrected chi connectivity index (χ4v) is 2.72. The second kappa shape index (κ2) is 11.3. The van der Waals surface area contributed by atoms with Gasteiger partial charge in [-0.1, -0.05) is 45.4 Å². The normalized spacial score (nSPS) is 19.5. The van der Waals surface area contributed by atoms with Crippen LogP contribution in [0.4, 0.5) is 0 Å². The number of carboxylic acid groups (broad SMARTS) is 1. The highest BCUT2D eigenvalue weighted by molar-refractivity contribution is 5.96. The van der Waals surface area contributed by atoms with Gasteiger partial charge in [-0.05, 0) is 19.3 Å². The second-order valence-electron chi connectivity index (χ2n) is 6.38. The molecule has 0 spiro atoms. The monoisotopic (exact) mass is 326 g/mol. The predicted molar refractivity (Wildman–Crippen MR) is 87.4 cm³/mol. The van der Waals surface area contributed by atoms with Crippen LogP contribution in [0.1, 0.15) is 84.0 Å². The van der Waals surface area contributed by atoms with Crippen LogP contribution in [0.15, 0.2) is 0 Å². The third kappa shape index (κ3) is 8.84. The van der Waals surface area contributed by atoms with E-state index in [4.69, 9.17) is 9.84 Å². The molecule has 0 saturated carbocycles. The summed E-state index contributed by atoms with van der Waals surface area (Å²) in [5, 5.41) is 8.52. The van der Waals surface area contributed by atoms with Gasteiger partial charge in [-0.25, -0.2) is 0 Å². The quantitative estimate of drug-likeness (QED) is 0.366. The van der Waals surface area contributed by atoms with Crippen LogP contribution in [0.2, 0.25) is 0 Å². The number of ether oxygens (including phenoxy) is 1. The molecule has 1 aliphatic rings. The Kier molecular flexibility index (Phi) is 9.76. The van der Waals surface area contributed by atoms with Crippen molar-refractivity contribution < 1.29 is 24.2 Å². The van der Waals surface area contributed by atoms with Crippen LogP contribution in [-0.4, -0.2) is 34.9 Å². The number of aliphatic carboxylic acids is 1. The zero-order chi connectivity index (χ0) is 17.1. The summed E-state index contributed by atoms with van der Waals surface area (Å²) in [6.07, 6.45) is 8.75. The molecule has 1 rings (SSSR count). The van der Waals surface area contributed by atoms with Crippen molar-refractivity contribution in [2.45, 2.75) is 96.2 Å². The largest absolute Gasteiger partial charge is 0.481 e. The van der Waals surface area contributed by atoms with Gasteiger partial charge in [-0.15, -0.1) is 0 Å². The number of carboxylic acids is 1. The van der Waals surface area contributed by atoms with E-state index >= 15 is 0 Å². The molecule has 0 radical (unpaired) electrons. The van der Waals surface area contributed by atoms with Crippen LogP contribution >= 0.6 is 0 Å². The molecule has 0 aromatic carbocycles. The van der Waals surface area contributed by atoms with Gasteiger partial charge in [0, 0.05) is 19.3 Å². The Morgan fingerprint density at radius 2 is 1.17 bits per heavy atom. The topological polar surface area (TPSA) is 84.0 Å². The van der Waals surface area contributed by atoms with Crippen molar-refractivity contribution in [2.24, 2.45) is 0 Å². The first-order valence-corrected chi connectivity index (χ1v) is 8.99. The van der Waals surface area contributed by atoms with Crippen molar-refractivity contribution in [1.82, 2.24) is 0 Å². The van der Waals surface area contributed by atoms with E-state index in [1.54, 1.807) is 0 Å². The van der Waals surface area contributed by atoms with E-state index in [0.29, 0.717) is 19.3 Å². The molecule has 0 bridgehead atoms. The molecule has 0 aromatic heterocycles. The third-order valence-electron chi connectivity index (χ3n) is 4.22. The molecule has 1 fully saturated rings. The SMILES string of the molecule is CCCCCCC(=O)[C@H]1O[C@@H]1C(=O)CCCCCCCC(=O)O. The molecule has 132 valence electrons. The van der Waals surface area contributed by atoms with Crippen molar-refractivity contribution in [2.75, 3.05) is 0 Å². The lowest BCUT2D eigenvalue weighted by atomic mass is 10.0. The van der Waals surface area contributed by atoms with Crippen LogP contribution in [0, 0.1) is 0 Å². The molecule has 0 aromatic rings.